The first-order valence-corrected chi connectivity index (χ1v) is 8.66. The largest absolute Gasteiger partial charge is 0.493 e. The van der Waals surface area contributed by atoms with Crippen LogP contribution in [0.1, 0.15) is 10.9 Å². The van der Waals surface area contributed by atoms with Crippen molar-refractivity contribution in [3.8, 4) is 11.5 Å². The van der Waals surface area contributed by atoms with Crippen molar-refractivity contribution < 1.29 is 23.0 Å². The summed E-state index contributed by atoms with van der Waals surface area (Å²) in [5.41, 5.74) is 0.316. The molecule has 0 bridgehead atoms. The molecule has 0 aliphatic heterocycles. The van der Waals surface area contributed by atoms with Crippen LogP contribution in [-0.4, -0.2) is 45.3 Å². The summed E-state index contributed by atoms with van der Waals surface area (Å²) in [7, 11) is 5.21. The van der Waals surface area contributed by atoms with Crippen LogP contribution in [0.5, 0.6) is 11.5 Å². The van der Waals surface area contributed by atoms with E-state index in [-0.39, 0.29) is 17.5 Å². The lowest BCUT2D eigenvalue weighted by Gasteiger charge is -2.23. The molecule has 0 spiro atoms. The Balaban J connectivity index is 1.98. The second kappa shape index (κ2) is 9.35. The fourth-order valence-electron chi connectivity index (χ4n) is 2.33. The number of hydrogen-bond acceptors (Lipinski definition) is 5. The second-order valence-corrected chi connectivity index (χ2v) is 6.55. The Morgan fingerprint density at radius 2 is 2.04 bits per heavy atom. The number of thiophene rings is 1. The highest BCUT2D eigenvalue weighted by Gasteiger charge is 2.17. The van der Waals surface area contributed by atoms with Crippen LogP contribution in [-0.2, 0) is 0 Å². The molecule has 142 valence electrons. The number of rotatable bonds is 8. The van der Waals surface area contributed by atoms with E-state index in [1.807, 2.05) is 36.5 Å². The van der Waals surface area contributed by atoms with Crippen molar-refractivity contribution in [3.05, 3.63) is 40.6 Å². The van der Waals surface area contributed by atoms with E-state index in [0.717, 1.165) is 4.88 Å². The Morgan fingerprint density at radius 3 is 2.62 bits per heavy atom. The van der Waals surface area contributed by atoms with Crippen molar-refractivity contribution in [2.75, 3.05) is 33.1 Å². The maximum Gasteiger partial charge on any atom is 0.387 e. The van der Waals surface area contributed by atoms with E-state index in [2.05, 4.69) is 15.4 Å². The Hall–Kier alpha value is -2.39. The third-order valence-electron chi connectivity index (χ3n) is 3.59. The minimum Gasteiger partial charge on any atom is -0.493 e. The van der Waals surface area contributed by atoms with E-state index < -0.39 is 12.6 Å². The topological polar surface area (TPSA) is 62.8 Å². The molecular formula is C17H21F2N3O3S. The van der Waals surface area contributed by atoms with Crippen molar-refractivity contribution in [2.24, 2.45) is 0 Å². The van der Waals surface area contributed by atoms with Crippen LogP contribution >= 0.6 is 11.3 Å². The quantitative estimate of drug-likeness (QED) is 0.726. The van der Waals surface area contributed by atoms with Gasteiger partial charge < -0.3 is 25.0 Å². The van der Waals surface area contributed by atoms with Gasteiger partial charge in [-0.05, 0) is 37.7 Å². The third-order valence-corrected chi connectivity index (χ3v) is 4.56. The Labute approximate surface area is 154 Å². The zero-order valence-corrected chi connectivity index (χ0v) is 15.5. The molecule has 0 saturated carbocycles. The van der Waals surface area contributed by atoms with Crippen LogP contribution in [0.2, 0.25) is 0 Å². The van der Waals surface area contributed by atoms with Crippen molar-refractivity contribution >= 4 is 23.1 Å². The van der Waals surface area contributed by atoms with Crippen molar-refractivity contribution in [3.63, 3.8) is 0 Å². The van der Waals surface area contributed by atoms with E-state index in [9.17, 15) is 13.6 Å². The van der Waals surface area contributed by atoms with Crippen molar-refractivity contribution in [1.29, 1.82) is 0 Å². The lowest BCUT2D eigenvalue weighted by atomic mass is 10.2. The van der Waals surface area contributed by atoms with Crippen LogP contribution in [0.25, 0.3) is 0 Å². The first-order valence-electron chi connectivity index (χ1n) is 7.78. The summed E-state index contributed by atoms with van der Waals surface area (Å²) in [4.78, 5) is 15.3. The van der Waals surface area contributed by atoms with Crippen LogP contribution in [0.15, 0.2) is 35.7 Å². The Morgan fingerprint density at radius 1 is 1.27 bits per heavy atom. The van der Waals surface area contributed by atoms with Gasteiger partial charge in [-0.3, -0.25) is 0 Å². The number of carbonyl (C=O) groups is 1. The number of hydrogen-bond donors (Lipinski definition) is 2. The number of alkyl halides is 2. The molecule has 6 nitrogen and oxygen atoms in total. The molecule has 1 atom stereocenters. The van der Waals surface area contributed by atoms with Gasteiger partial charge in [0.05, 0.1) is 13.2 Å². The summed E-state index contributed by atoms with van der Waals surface area (Å²) >= 11 is 1.61. The summed E-state index contributed by atoms with van der Waals surface area (Å²) in [6.45, 7) is -2.59. The summed E-state index contributed by atoms with van der Waals surface area (Å²) in [6.07, 6.45) is 0. The maximum absolute atomic E-state index is 12.5. The summed E-state index contributed by atoms with van der Waals surface area (Å²) in [5.74, 6) is 0.00618. The van der Waals surface area contributed by atoms with E-state index in [4.69, 9.17) is 4.74 Å². The predicted molar refractivity (Wildman–Crippen MR) is 97.4 cm³/mol. The molecule has 0 fully saturated rings. The van der Waals surface area contributed by atoms with E-state index in [1.165, 1.54) is 19.2 Å². The molecule has 0 unspecified atom stereocenters. The van der Waals surface area contributed by atoms with E-state index in [0.29, 0.717) is 12.2 Å². The fraction of sp³-hybridized carbons (Fsp3) is 0.353. The maximum atomic E-state index is 12.5. The summed E-state index contributed by atoms with van der Waals surface area (Å²) < 4.78 is 34.3. The van der Waals surface area contributed by atoms with Crippen LogP contribution in [0.4, 0.5) is 19.3 Å². The van der Waals surface area contributed by atoms with E-state index in [1.54, 1.807) is 17.4 Å². The normalized spacial score (nSPS) is 12.1. The third kappa shape index (κ3) is 5.57. The van der Waals surface area contributed by atoms with Gasteiger partial charge >= 0.3 is 12.6 Å². The molecule has 1 aromatic carbocycles. The van der Waals surface area contributed by atoms with Gasteiger partial charge in [0.15, 0.2) is 11.5 Å². The molecule has 2 amide bonds. The first-order chi connectivity index (χ1) is 12.4. The number of nitrogens with one attached hydrogen (secondary N) is 2. The van der Waals surface area contributed by atoms with Gasteiger partial charge in [-0.1, -0.05) is 6.07 Å². The van der Waals surface area contributed by atoms with Gasteiger partial charge in [0.1, 0.15) is 0 Å². The fourth-order valence-corrected chi connectivity index (χ4v) is 3.25. The molecule has 0 saturated heterocycles. The van der Waals surface area contributed by atoms with Gasteiger partial charge in [0.25, 0.3) is 0 Å². The van der Waals surface area contributed by atoms with Crippen LogP contribution in [0.3, 0.4) is 0 Å². The lowest BCUT2D eigenvalue weighted by molar-refractivity contribution is -0.0511. The molecule has 1 aromatic heterocycles. The highest BCUT2D eigenvalue weighted by Crippen LogP contribution is 2.31. The molecule has 2 N–H and O–H groups in total. The standard InChI is InChI=1S/C17H21F2N3O3S/c1-22(2)12(15-5-4-8-26-15)10-20-17(23)21-11-6-7-13(24-3)14(9-11)25-16(18)19/h4-9,12,16H,10H2,1-3H3,(H2,20,21,23)/t12-/m0/s1. The smallest absolute Gasteiger partial charge is 0.387 e. The SMILES string of the molecule is COc1ccc(NC(=O)NC[C@@H](c2cccs2)N(C)C)cc1OC(F)F. The number of methoxy groups -OCH3 is 1. The monoisotopic (exact) mass is 385 g/mol. The first kappa shape index (κ1) is 19.9. The van der Waals surface area contributed by atoms with Crippen LogP contribution < -0.4 is 20.1 Å². The predicted octanol–water partition coefficient (Wildman–Crippen LogP) is 3.78. The molecule has 0 aliphatic carbocycles. The number of likely N-dealkylation sites (N-methyl/N-ethyl adjacent to an activating group) is 1. The Kier molecular flexibility index (Phi) is 7.16. The molecule has 0 radical (unpaired) electrons. The van der Waals surface area contributed by atoms with Gasteiger partial charge in [-0.2, -0.15) is 8.78 Å². The van der Waals surface area contributed by atoms with E-state index >= 15 is 0 Å². The number of urea groups is 1. The highest BCUT2D eigenvalue weighted by molar-refractivity contribution is 7.10. The summed E-state index contributed by atoms with van der Waals surface area (Å²) in [6, 6.07) is 7.83. The molecular weight excluding hydrogens is 364 g/mol. The average molecular weight is 385 g/mol. The minimum absolute atomic E-state index is 0.0364. The van der Waals surface area contributed by atoms with Crippen molar-refractivity contribution in [2.45, 2.75) is 12.7 Å². The second-order valence-electron chi connectivity index (χ2n) is 5.57. The number of benzene rings is 1. The molecule has 2 rings (SSSR count). The van der Waals surface area contributed by atoms with Gasteiger partial charge in [0, 0.05) is 23.2 Å². The van der Waals surface area contributed by atoms with Gasteiger partial charge in [0.2, 0.25) is 0 Å². The average Bonchev–Trinajstić information content (AvgIpc) is 3.08. The van der Waals surface area contributed by atoms with Crippen LogP contribution in [0, 0.1) is 0 Å². The zero-order valence-electron chi connectivity index (χ0n) is 14.7. The molecule has 0 aliphatic rings. The molecule has 1 heterocycles. The number of ether oxygens (including phenoxy) is 2. The molecule has 9 heteroatoms. The number of carbonyl (C=O) groups excluding carboxylic acids is 1. The zero-order chi connectivity index (χ0) is 19.1. The molecule has 2 aromatic rings. The number of anilines is 1. The number of nitrogens with zero attached hydrogens (tertiary/aromatic N) is 1. The minimum atomic E-state index is -2.99. The number of amides is 2. The molecule has 26 heavy (non-hydrogen) atoms. The lowest BCUT2D eigenvalue weighted by Crippen LogP contribution is -2.36. The Bertz CT molecular complexity index is 711. The van der Waals surface area contributed by atoms with Crippen molar-refractivity contribution in [1.82, 2.24) is 10.2 Å². The summed E-state index contributed by atoms with van der Waals surface area (Å²) in [5, 5.41) is 7.37. The highest BCUT2D eigenvalue weighted by atomic mass is 32.1. The number of halogens is 2. The van der Waals surface area contributed by atoms with Gasteiger partial charge in [-0.25, -0.2) is 4.79 Å². The van der Waals surface area contributed by atoms with Gasteiger partial charge in [-0.15, -0.1) is 11.3 Å².